The van der Waals surface area contributed by atoms with Crippen molar-refractivity contribution in [3.8, 4) is 0 Å². The molecule has 1 aromatic heterocycles. The number of rotatable bonds is 7. The van der Waals surface area contributed by atoms with Gasteiger partial charge in [-0.25, -0.2) is 13.2 Å². The van der Waals surface area contributed by atoms with Gasteiger partial charge in [0.05, 0.1) is 13.0 Å². The monoisotopic (exact) mass is 402 g/mol. The third-order valence-corrected chi connectivity index (χ3v) is 7.66. The van der Waals surface area contributed by atoms with Crippen molar-refractivity contribution in [2.45, 2.75) is 50.5 Å². The van der Waals surface area contributed by atoms with E-state index in [2.05, 4.69) is 10.1 Å². The maximum Gasteiger partial charge on any atom is 0.349 e. The maximum absolute atomic E-state index is 13.1. The molecule has 0 radical (unpaired) electrons. The molecular formula is C17H26N2O5S2. The maximum atomic E-state index is 13.1. The highest BCUT2D eigenvalue weighted by Crippen LogP contribution is 2.32. The molecule has 26 heavy (non-hydrogen) atoms. The van der Waals surface area contributed by atoms with Crippen molar-refractivity contribution >= 4 is 33.2 Å². The minimum atomic E-state index is -3.88. The minimum Gasteiger partial charge on any atom is -0.465 e. The fraction of sp³-hybridized carbons (Fsp3) is 0.647. The van der Waals surface area contributed by atoms with Gasteiger partial charge in [-0.3, -0.25) is 4.79 Å². The third kappa shape index (κ3) is 4.44. The molecule has 1 aliphatic rings. The fourth-order valence-electron chi connectivity index (χ4n) is 3.03. The van der Waals surface area contributed by atoms with Crippen molar-refractivity contribution in [2.24, 2.45) is 5.92 Å². The predicted octanol–water partition coefficient (Wildman–Crippen LogP) is 2.24. The molecule has 1 aromatic rings. The molecule has 0 bridgehead atoms. The van der Waals surface area contributed by atoms with Crippen LogP contribution in [0.15, 0.2) is 16.3 Å². The number of unbranched alkanes of at least 4 members (excludes halogenated alkanes) is 1. The Morgan fingerprint density at radius 2 is 2.12 bits per heavy atom. The van der Waals surface area contributed by atoms with Crippen LogP contribution in [0.2, 0.25) is 0 Å². The number of ether oxygens (including phenoxy) is 1. The van der Waals surface area contributed by atoms with E-state index in [1.54, 1.807) is 5.38 Å². The topological polar surface area (TPSA) is 92.8 Å². The third-order valence-electron chi connectivity index (χ3n) is 4.61. The van der Waals surface area contributed by atoms with Crippen molar-refractivity contribution in [3.05, 3.63) is 16.3 Å². The summed E-state index contributed by atoms with van der Waals surface area (Å²) in [6.07, 6.45) is 3.13. The number of amides is 1. The zero-order valence-electron chi connectivity index (χ0n) is 15.4. The van der Waals surface area contributed by atoms with Crippen molar-refractivity contribution in [1.29, 1.82) is 0 Å². The summed E-state index contributed by atoms with van der Waals surface area (Å²) in [4.78, 5) is 24.2. The van der Waals surface area contributed by atoms with Crippen LogP contribution >= 0.6 is 11.3 Å². The molecule has 0 saturated carbocycles. The van der Waals surface area contributed by atoms with E-state index in [4.69, 9.17) is 0 Å². The highest BCUT2D eigenvalue weighted by atomic mass is 32.2. The second-order valence-corrected chi connectivity index (χ2v) is 9.22. The van der Waals surface area contributed by atoms with Gasteiger partial charge in [0.25, 0.3) is 0 Å². The molecule has 1 N–H and O–H groups in total. The Hall–Kier alpha value is -1.45. The molecule has 1 aliphatic heterocycles. The first-order valence-corrected chi connectivity index (χ1v) is 11.1. The van der Waals surface area contributed by atoms with E-state index in [-0.39, 0.29) is 34.2 Å². The zero-order valence-corrected chi connectivity index (χ0v) is 17.0. The number of esters is 1. The molecule has 0 aliphatic carbocycles. The van der Waals surface area contributed by atoms with Gasteiger partial charge in [0.2, 0.25) is 15.9 Å². The number of thiophene rings is 1. The quantitative estimate of drug-likeness (QED) is 0.558. The number of nitrogens with zero attached hydrogens (tertiary/aromatic N) is 1. The number of carbonyl (C=O) groups is 2. The molecule has 2 heterocycles. The first-order valence-electron chi connectivity index (χ1n) is 8.78. The molecule has 7 nitrogen and oxygen atoms in total. The predicted molar refractivity (Wildman–Crippen MR) is 99.7 cm³/mol. The lowest BCUT2D eigenvalue weighted by Gasteiger charge is -2.36. The average molecular weight is 403 g/mol. The normalized spacial score (nSPS) is 21.3. The largest absolute Gasteiger partial charge is 0.465 e. The number of nitrogens with one attached hydrogen (secondary N) is 1. The smallest absolute Gasteiger partial charge is 0.349 e. The highest BCUT2D eigenvalue weighted by molar-refractivity contribution is 7.89. The van der Waals surface area contributed by atoms with Crippen LogP contribution in [0.3, 0.4) is 0 Å². The van der Waals surface area contributed by atoms with Crippen molar-refractivity contribution in [2.75, 3.05) is 20.2 Å². The second kappa shape index (κ2) is 8.96. The molecule has 146 valence electrons. The number of methoxy groups -OCH3 is 1. The average Bonchev–Trinajstić information content (AvgIpc) is 3.12. The Balaban J connectivity index is 2.21. The lowest BCUT2D eigenvalue weighted by molar-refractivity contribution is -0.126. The van der Waals surface area contributed by atoms with Crippen LogP contribution in [0.1, 0.15) is 49.2 Å². The van der Waals surface area contributed by atoms with Gasteiger partial charge in [-0.05, 0) is 37.6 Å². The Kier molecular flexibility index (Phi) is 7.19. The van der Waals surface area contributed by atoms with Gasteiger partial charge in [-0.2, -0.15) is 4.31 Å². The van der Waals surface area contributed by atoms with Crippen LogP contribution in [0, 0.1) is 5.92 Å². The molecule has 0 aromatic carbocycles. The van der Waals surface area contributed by atoms with Gasteiger partial charge < -0.3 is 10.1 Å². The second-order valence-electron chi connectivity index (χ2n) is 6.45. The molecule has 0 spiro atoms. The van der Waals surface area contributed by atoms with Gasteiger partial charge in [0.1, 0.15) is 9.77 Å². The van der Waals surface area contributed by atoms with Gasteiger partial charge in [-0.15, -0.1) is 11.3 Å². The SMILES string of the molecule is CCCCNC(=O)C1CCC(C)N(S(=O)(=O)c2ccsc2C(=O)OC)C1. The Morgan fingerprint density at radius 3 is 2.77 bits per heavy atom. The number of hydrogen-bond donors (Lipinski definition) is 1. The molecule has 9 heteroatoms. The number of hydrogen-bond acceptors (Lipinski definition) is 6. The lowest BCUT2D eigenvalue weighted by Crippen LogP contribution is -2.49. The van der Waals surface area contributed by atoms with Crippen molar-refractivity contribution in [1.82, 2.24) is 9.62 Å². The molecule has 1 fully saturated rings. The van der Waals surface area contributed by atoms with Gasteiger partial charge >= 0.3 is 5.97 Å². The van der Waals surface area contributed by atoms with E-state index in [9.17, 15) is 18.0 Å². The molecule has 1 saturated heterocycles. The summed E-state index contributed by atoms with van der Waals surface area (Å²) in [5.41, 5.74) is 0. The highest BCUT2D eigenvalue weighted by Gasteiger charge is 2.39. The molecule has 2 atom stereocenters. The van der Waals surface area contributed by atoms with E-state index < -0.39 is 16.0 Å². The summed E-state index contributed by atoms with van der Waals surface area (Å²) in [7, 11) is -2.66. The molecular weight excluding hydrogens is 376 g/mol. The van der Waals surface area contributed by atoms with Crippen LogP contribution in [0.5, 0.6) is 0 Å². The summed E-state index contributed by atoms with van der Waals surface area (Å²) >= 11 is 1.04. The van der Waals surface area contributed by atoms with E-state index in [0.717, 1.165) is 24.2 Å². The summed E-state index contributed by atoms with van der Waals surface area (Å²) in [6, 6.07) is 1.19. The summed E-state index contributed by atoms with van der Waals surface area (Å²) in [5, 5.41) is 4.44. The Bertz CT molecular complexity index is 744. The van der Waals surface area contributed by atoms with Crippen LogP contribution in [-0.4, -0.2) is 50.8 Å². The number of piperidine rings is 1. The van der Waals surface area contributed by atoms with Crippen LogP contribution in [0.25, 0.3) is 0 Å². The van der Waals surface area contributed by atoms with E-state index in [1.807, 2.05) is 13.8 Å². The van der Waals surface area contributed by atoms with Crippen LogP contribution in [0.4, 0.5) is 0 Å². The first-order chi connectivity index (χ1) is 12.3. The number of carbonyl (C=O) groups excluding carboxylic acids is 2. The molecule has 2 rings (SSSR count). The van der Waals surface area contributed by atoms with Crippen molar-refractivity contribution in [3.63, 3.8) is 0 Å². The fourth-order valence-corrected chi connectivity index (χ4v) is 6.04. The molecule has 1 amide bonds. The van der Waals surface area contributed by atoms with Gasteiger partial charge in [0.15, 0.2) is 0 Å². The van der Waals surface area contributed by atoms with Crippen molar-refractivity contribution < 1.29 is 22.7 Å². The molecule has 2 unspecified atom stereocenters. The zero-order chi connectivity index (χ0) is 19.3. The minimum absolute atomic E-state index is 0.0479. The van der Waals surface area contributed by atoms with Gasteiger partial charge in [0, 0.05) is 19.1 Å². The summed E-state index contributed by atoms with van der Waals surface area (Å²) < 4.78 is 32.3. The Labute approximate surface area is 158 Å². The Morgan fingerprint density at radius 1 is 1.38 bits per heavy atom. The van der Waals surface area contributed by atoms with Crippen LogP contribution < -0.4 is 5.32 Å². The lowest BCUT2D eigenvalue weighted by atomic mass is 9.94. The van der Waals surface area contributed by atoms with Gasteiger partial charge in [-0.1, -0.05) is 13.3 Å². The summed E-state index contributed by atoms with van der Waals surface area (Å²) in [5.74, 6) is -1.15. The summed E-state index contributed by atoms with van der Waals surface area (Å²) in [6.45, 7) is 4.60. The van der Waals surface area contributed by atoms with E-state index >= 15 is 0 Å². The first kappa shape index (κ1) is 20.9. The van der Waals surface area contributed by atoms with E-state index in [1.165, 1.54) is 17.5 Å². The van der Waals surface area contributed by atoms with E-state index in [0.29, 0.717) is 19.4 Å². The van der Waals surface area contributed by atoms with Crippen LogP contribution in [-0.2, 0) is 19.6 Å². The number of sulfonamides is 1. The standard InChI is InChI=1S/C17H26N2O5S2/c1-4-5-9-18-16(20)13-7-6-12(2)19(11-13)26(22,23)14-8-10-25-15(14)17(21)24-3/h8,10,12-13H,4-7,9,11H2,1-3H3,(H,18,20).